The molecule has 0 saturated carbocycles. The Morgan fingerprint density at radius 2 is 1.39 bits per heavy atom. The lowest BCUT2D eigenvalue weighted by molar-refractivity contribution is -0.0434. The molecule has 0 bridgehead atoms. The molecular formula is C37H39F2N3O4. The van der Waals surface area contributed by atoms with Gasteiger partial charge in [0.2, 0.25) is 11.8 Å². The first-order valence-corrected chi connectivity index (χ1v) is 15.6. The fourth-order valence-corrected chi connectivity index (χ4v) is 6.04. The van der Waals surface area contributed by atoms with Crippen LogP contribution in [-0.4, -0.2) is 47.8 Å². The van der Waals surface area contributed by atoms with E-state index in [0.29, 0.717) is 38.5 Å². The molecule has 0 unspecified atom stereocenters. The third kappa shape index (κ3) is 7.25. The van der Waals surface area contributed by atoms with Crippen LogP contribution in [0.1, 0.15) is 44.7 Å². The van der Waals surface area contributed by atoms with Gasteiger partial charge in [0, 0.05) is 43.3 Å². The highest BCUT2D eigenvalue weighted by atomic mass is 19.1. The summed E-state index contributed by atoms with van der Waals surface area (Å²) < 4.78 is 49.1. The standard InChI is InChI=1S/C37H39F2N3O4/c1-36(2,3)46-35(43)42-24-37(25-42)16-18-41(19-17-37)28-20-30(38)33(31(39)21-28)29-14-15-32(44-22-26-10-6-4-7-11-26)40-34(29)45-23-27-12-8-5-9-13-27/h4-15,20-21H,16-19,22-25H2,1-3H3. The lowest BCUT2D eigenvalue weighted by atomic mass is 9.72. The number of pyridine rings is 1. The summed E-state index contributed by atoms with van der Waals surface area (Å²) in [5.74, 6) is -1.02. The summed E-state index contributed by atoms with van der Waals surface area (Å²) in [6.45, 7) is 8.59. The normalized spacial score (nSPS) is 15.8. The van der Waals surface area contributed by atoms with Crippen molar-refractivity contribution < 1.29 is 27.8 Å². The summed E-state index contributed by atoms with van der Waals surface area (Å²) in [6.07, 6.45) is 1.35. The highest BCUT2D eigenvalue weighted by Gasteiger charge is 2.48. The van der Waals surface area contributed by atoms with Crippen LogP contribution < -0.4 is 14.4 Å². The predicted octanol–water partition coefficient (Wildman–Crippen LogP) is 8.02. The van der Waals surface area contributed by atoms with Crippen molar-refractivity contribution in [3.63, 3.8) is 0 Å². The van der Waals surface area contributed by atoms with E-state index in [1.165, 1.54) is 12.1 Å². The Balaban J connectivity index is 1.17. The van der Waals surface area contributed by atoms with E-state index in [1.54, 1.807) is 17.0 Å². The van der Waals surface area contributed by atoms with Gasteiger partial charge in [-0.1, -0.05) is 60.7 Å². The molecule has 0 atom stereocenters. The second-order valence-corrected chi connectivity index (χ2v) is 13.2. The molecule has 3 heterocycles. The smallest absolute Gasteiger partial charge is 0.410 e. The molecule has 46 heavy (non-hydrogen) atoms. The molecule has 1 aromatic heterocycles. The summed E-state index contributed by atoms with van der Waals surface area (Å²) in [7, 11) is 0. The molecule has 4 aromatic rings. The Kier molecular flexibility index (Phi) is 8.84. The van der Waals surface area contributed by atoms with Crippen LogP contribution in [0.3, 0.4) is 0 Å². The van der Waals surface area contributed by atoms with Gasteiger partial charge in [-0.3, -0.25) is 0 Å². The van der Waals surface area contributed by atoms with Gasteiger partial charge in [-0.2, -0.15) is 4.98 Å². The summed E-state index contributed by atoms with van der Waals surface area (Å²) in [4.78, 5) is 20.7. The number of benzene rings is 3. The number of amides is 1. The Hall–Kier alpha value is -4.66. The van der Waals surface area contributed by atoms with Crippen molar-refractivity contribution in [3.8, 4) is 22.9 Å². The highest BCUT2D eigenvalue weighted by Crippen LogP contribution is 2.43. The minimum atomic E-state index is -0.695. The number of aromatic nitrogens is 1. The monoisotopic (exact) mass is 627 g/mol. The van der Waals surface area contributed by atoms with Gasteiger partial charge >= 0.3 is 6.09 Å². The summed E-state index contributed by atoms with van der Waals surface area (Å²) >= 11 is 0. The topological polar surface area (TPSA) is 64.1 Å². The van der Waals surface area contributed by atoms with Gasteiger partial charge in [0.25, 0.3) is 0 Å². The zero-order valence-electron chi connectivity index (χ0n) is 26.5. The average Bonchev–Trinajstić information content (AvgIpc) is 3.02. The molecule has 0 N–H and O–H groups in total. The van der Waals surface area contributed by atoms with Crippen molar-refractivity contribution in [1.29, 1.82) is 0 Å². The van der Waals surface area contributed by atoms with Gasteiger partial charge in [0.15, 0.2) is 0 Å². The lowest BCUT2D eigenvalue weighted by Crippen LogP contribution is -2.62. The fraction of sp³-hybridized carbons (Fsp3) is 0.351. The lowest BCUT2D eigenvalue weighted by Gasteiger charge is -2.54. The Morgan fingerprint density at radius 3 is 1.96 bits per heavy atom. The molecule has 240 valence electrons. The molecule has 7 nitrogen and oxygen atoms in total. The molecule has 6 rings (SSSR count). The third-order valence-corrected chi connectivity index (χ3v) is 8.47. The maximum atomic E-state index is 15.8. The SMILES string of the molecule is CC(C)(C)OC(=O)N1CC2(CCN(c3cc(F)c(-c4ccc(OCc5ccccc5)nc4OCc4ccccc4)c(F)c3)CC2)C1. The molecule has 3 aromatic carbocycles. The van der Waals surface area contributed by atoms with Crippen LogP contribution in [0.2, 0.25) is 0 Å². The van der Waals surface area contributed by atoms with E-state index in [1.807, 2.05) is 86.3 Å². The van der Waals surface area contributed by atoms with Crippen LogP contribution in [-0.2, 0) is 18.0 Å². The maximum absolute atomic E-state index is 15.8. The molecule has 9 heteroatoms. The number of hydrogen-bond donors (Lipinski definition) is 0. The number of anilines is 1. The molecule has 0 radical (unpaired) electrons. The van der Waals surface area contributed by atoms with Crippen molar-refractivity contribution in [1.82, 2.24) is 9.88 Å². The largest absolute Gasteiger partial charge is 0.473 e. The van der Waals surface area contributed by atoms with E-state index < -0.39 is 17.2 Å². The first-order valence-electron chi connectivity index (χ1n) is 15.6. The third-order valence-electron chi connectivity index (χ3n) is 8.47. The van der Waals surface area contributed by atoms with Crippen molar-refractivity contribution in [2.45, 2.75) is 52.4 Å². The van der Waals surface area contributed by atoms with Gasteiger partial charge in [-0.15, -0.1) is 0 Å². The van der Waals surface area contributed by atoms with Crippen molar-refractivity contribution in [3.05, 3.63) is 108 Å². The second kappa shape index (κ2) is 13.0. The first-order chi connectivity index (χ1) is 22.1. The highest BCUT2D eigenvalue weighted by molar-refractivity contribution is 5.73. The number of carbonyl (C=O) groups excluding carboxylic acids is 1. The van der Waals surface area contributed by atoms with Crippen LogP contribution in [0, 0.1) is 17.0 Å². The molecule has 2 aliphatic rings. The van der Waals surface area contributed by atoms with Gasteiger partial charge in [-0.05, 0) is 62.9 Å². The van der Waals surface area contributed by atoms with Crippen LogP contribution in [0.5, 0.6) is 11.8 Å². The molecule has 1 spiro atoms. The number of nitrogens with zero attached hydrogens (tertiary/aromatic N) is 3. The van der Waals surface area contributed by atoms with E-state index in [4.69, 9.17) is 14.2 Å². The minimum absolute atomic E-state index is 0.0193. The van der Waals surface area contributed by atoms with Crippen LogP contribution >= 0.6 is 0 Å². The second-order valence-electron chi connectivity index (χ2n) is 13.2. The van der Waals surface area contributed by atoms with Crippen LogP contribution in [0.4, 0.5) is 19.3 Å². The molecule has 0 aliphatic carbocycles. The predicted molar refractivity (Wildman–Crippen MR) is 173 cm³/mol. The van der Waals surface area contributed by atoms with Crippen molar-refractivity contribution in [2.24, 2.45) is 5.41 Å². The van der Waals surface area contributed by atoms with Crippen molar-refractivity contribution in [2.75, 3.05) is 31.1 Å². The molecule has 1 amide bonds. The fourth-order valence-electron chi connectivity index (χ4n) is 6.04. The van der Waals surface area contributed by atoms with Gasteiger partial charge in [0.05, 0.1) is 11.1 Å². The Labute approximate surface area is 268 Å². The van der Waals surface area contributed by atoms with E-state index >= 15 is 8.78 Å². The van der Waals surface area contributed by atoms with Gasteiger partial charge in [-0.25, -0.2) is 13.6 Å². The number of ether oxygens (including phenoxy) is 3. The number of carbonyl (C=O) groups is 1. The summed E-state index contributed by atoms with van der Waals surface area (Å²) in [6, 6.07) is 25.1. The maximum Gasteiger partial charge on any atom is 0.410 e. The van der Waals surface area contributed by atoms with E-state index in [-0.39, 0.29) is 41.0 Å². The molecular weight excluding hydrogens is 588 g/mol. The molecule has 2 fully saturated rings. The zero-order valence-corrected chi connectivity index (χ0v) is 26.5. The number of likely N-dealkylation sites (tertiary alicyclic amines) is 1. The Morgan fingerprint density at radius 1 is 0.826 bits per heavy atom. The summed E-state index contributed by atoms with van der Waals surface area (Å²) in [5.41, 5.74) is 1.84. The van der Waals surface area contributed by atoms with Crippen LogP contribution in [0.15, 0.2) is 84.9 Å². The minimum Gasteiger partial charge on any atom is -0.473 e. The van der Waals surface area contributed by atoms with Crippen molar-refractivity contribution >= 4 is 11.8 Å². The quantitative estimate of drug-likeness (QED) is 0.197. The van der Waals surface area contributed by atoms with E-state index in [9.17, 15) is 4.79 Å². The van der Waals surface area contributed by atoms with Crippen LogP contribution in [0.25, 0.3) is 11.1 Å². The summed E-state index contributed by atoms with van der Waals surface area (Å²) in [5, 5.41) is 0. The number of hydrogen-bond acceptors (Lipinski definition) is 6. The zero-order chi connectivity index (χ0) is 32.3. The Bertz CT molecular complexity index is 1640. The van der Waals surface area contributed by atoms with Gasteiger partial charge in [0.1, 0.15) is 30.4 Å². The number of rotatable bonds is 8. The number of halogens is 2. The first kappa shape index (κ1) is 31.3. The van der Waals surface area contributed by atoms with E-state index in [0.717, 1.165) is 24.0 Å². The number of piperidine rings is 1. The molecule has 2 saturated heterocycles. The van der Waals surface area contributed by atoms with E-state index in [2.05, 4.69) is 4.98 Å². The molecule has 2 aliphatic heterocycles. The van der Waals surface area contributed by atoms with Gasteiger partial charge < -0.3 is 24.0 Å². The average molecular weight is 628 g/mol.